The lowest BCUT2D eigenvalue weighted by Crippen LogP contribution is -2.47. The molecule has 3 nitrogen and oxygen atoms in total. The molecule has 0 saturated carbocycles. The molecule has 0 heterocycles. The normalized spacial score (nSPS) is 14.3. The summed E-state index contributed by atoms with van der Waals surface area (Å²) in [5.74, 6) is 0. The molecule has 0 aromatic heterocycles. The Hall–Kier alpha value is -1.10. The number of anilines is 1. The van der Waals surface area contributed by atoms with Crippen LogP contribution in [0.2, 0.25) is 18.1 Å². The van der Waals surface area contributed by atoms with E-state index in [2.05, 4.69) is 52.8 Å². The van der Waals surface area contributed by atoms with Crippen LogP contribution < -0.4 is 5.48 Å². The molecule has 178 valence electrons. The molecule has 2 atom stereocenters. The van der Waals surface area contributed by atoms with Crippen LogP contribution >= 0.6 is 0 Å². The molecule has 0 aliphatic rings. The quantitative estimate of drug-likeness (QED) is 0.112. The van der Waals surface area contributed by atoms with Crippen LogP contribution in [0.15, 0.2) is 43.0 Å². The molecule has 1 aromatic rings. The lowest BCUT2D eigenvalue weighted by atomic mass is 10.0. The highest BCUT2D eigenvalue weighted by Crippen LogP contribution is 2.38. The summed E-state index contributed by atoms with van der Waals surface area (Å²) in [6, 6.07) is 10.1. The van der Waals surface area contributed by atoms with Crippen molar-refractivity contribution in [1.82, 2.24) is 0 Å². The van der Waals surface area contributed by atoms with Gasteiger partial charge in [-0.25, -0.2) is 0 Å². The fourth-order valence-electron chi connectivity index (χ4n) is 3.45. The summed E-state index contributed by atoms with van der Waals surface area (Å²) in [5.41, 5.74) is 4.16. The Bertz CT molecular complexity index is 583. The van der Waals surface area contributed by atoms with E-state index in [-0.39, 0.29) is 17.2 Å². The molecular formula is C27H49NO2Si. The molecule has 0 radical (unpaired) electrons. The second-order valence-corrected chi connectivity index (χ2v) is 15.1. The third-order valence-electron chi connectivity index (χ3n) is 6.51. The Morgan fingerprint density at radius 2 is 1.52 bits per heavy atom. The number of hydrogen-bond donors (Lipinski definition) is 1. The van der Waals surface area contributed by atoms with Crippen molar-refractivity contribution in [3.63, 3.8) is 0 Å². The van der Waals surface area contributed by atoms with E-state index in [9.17, 15) is 0 Å². The number of nitrogens with one attached hydrogen (secondary N) is 1. The van der Waals surface area contributed by atoms with Gasteiger partial charge in [0, 0.05) is 0 Å². The van der Waals surface area contributed by atoms with Crippen LogP contribution in [0, 0.1) is 0 Å². The van der Waals surface area contributed by atoms with Gasteiger partial charge in [-0.2, -0.15) is 0 Å². The lowest BCUT2D eigenvalue weighted by Gasteiger charge is -2.41. The van der Waals surface area contributed by atoms with Gasteiger partial charge in [-0.1, -0.05) is 103 Å². The molecular weight excluding hydrogens is 398 g/mol. The first kappa shape index (κ1) is 27.9. The largest absolute Gasteiger partial charge is 0.411 e. The highest BCUT2D eigenvalue weighted by atomic mass is 28.4. The second-order valence-electron chi connectivity index (χ2n) is 10.3. The van der Waals surface area contributed by atoms with Crippen LogP contribution in [0.4, 0.5) is 5.69 Å². The number of unbranched alkanes of at least 4 members (excludes halogenated alkanes) is 7. The van der Waals surface area contributed by atoms with Gasteiger partial charge in [0.2, 0.25) is 0 Å². The molecule has 0 spiro atoms. The number of hydrogen-bond acceptors (Lipinski definition) is 3. The Labute approximate surface area is 194 Å². The SMILES string of the molecule is C=CC[C@H](O[Si](C)(C)C(C)(C)C)[C@@H](CCCCCCCCCC)ONc1ccccc1. The molecule has 0 bridgehead atoms. The van der Waals surface area contributed by atoms with E-state index in [1.54, 1.807) is 0 Å². The minimum absolute atomic E-state index is 0.00687. The van der Waals surface area contributed by atoms with Crippen molar-refractivity contribution in [1.29, 1.82) is 0 Å². The van der Waals surface area contributed by atoms with E-state index in [4.69, 9.17) is 9.26 Å². The summed E-state index contributed by atoms with van der Waals surface area (Å²) in [4.78, 5) is 6.26. The monoisotopic (exact) mass is 447 g/mol. The van der Waals surface area contributed by atoms with E-state index in [0.717, 1.165) is 18.5 Å². The molecule has 0 unspecified atom stereocenters. The zero-order valence-corrected chi connectivity index (χ0v) is 22.2. The molecule has 1 aromatic carbocycles. The third-order valence-corrected chi connectivity index (χ3v) is 11.0. The maximum Gasteiger partial charge on any atom is 0.192 e. The van der Waals surface area contributed by atoms with Gasteiger partial charge in [0.05, 0.1) is 11.8 Å². The lowest BCUT2D eigenvalue weighted by molar-refractivity contribution is -0.0103. The Morgan fingerprint density at radius 3 is 2.06 bits per heavy atom. The van der Waals surface area contributed by atoms with Gasteiger partial charge >= 0.3 is 0 Å². The van der Waals surface area contributed by atoms with Crippen molar-refractivity contribution in [3.8, 4) is 0 Å². The Morgan fingerprint density at radius 1 is 0.935 bits per heavy atom. The zero-order valence-electron chi connectivity index (χ0n) is 21.2. The van der Waals surface area contributed by atoms with Gasteiger partial charge in [-0.15, -0.1) is 6.58 Å². The first-order chi connectivity index (χ1) is 14.7. The third kappa shape index (κ3) is 11.4. The van der Waals surface area contributed by atoms with Crippen LogP contribution in [0.1, 0.15) is 91.9 Å². The van der Waals surface area contributed by atoms with Crippen molar-refractivity contribution in [2.45, 2.75) is 122 Å². The molecule has 0 aliphatic heterocycles. The van der Waals surface area contributed by atoms with Crippen LogP contribution in [0.3, 0.4) is 0 Å². The summed E-state index contributed by atoms with van der Waals surface area (Å²) >= 11 is 0. The van der Waals surface area contributed by atoms with E-state index < -0.39 is 8.32 Å². The average molecular weight is 448 g/mol. The Kier molecular flexibility index (Phi) is 13.4. The predicted molar refractivity (Wildman–Crippen MR) is 139 cm³/mol. The predicted octanol–water partition coefficient (Wildman–Crippen LogP) is 8.90. The van der Waals surface area contributed by atoms with Crippen LogP contribution in [0.25, 0.3) is 0 Å². The summed E-state index contributed by atoms with van der Waals surface area (Å²) < 4.78 is 6.82. The number of benzene rings is 1. The molecule has 4 heteroatoms. The average Bonchev–Trinajstić information content (AvgIpc) is 2.71. The number of rotatable bonds is 17. The van der Waals surface area contributed by atoms with Gasteiger partial charge in [0.25, 0.3) is 0 Å². The summed E-state index contributed by atoms with van der Waals surface area (Å²) in [6.45, 7) is 17.8. The fourth-order valence-corrected chi connectivity index (χ4v) is 4.80. The van der Waals surface area contributed by atoms with Crippen LogP contribution in [0.5, 0.6) is 0 Å². The van der Waals surface area contributed by atoms with Gasteiger partial charge in [0.15, 0.2) is 8.32 Å². The summed E-state index contributed by atoms with van der Waals surface area (Å²) in [7, 11) is -1.90. The fraction of sp³-hybridized carbons (Fsp3) is 0.704. The maximum atomic E-state index is 6.82. The minimum Gasteiger partial charge on any atom is -0.411 e. The topological polar surface area (TPSA) is 30.5 Å². The van der Waals surface area contributed by atoms with Crippen molar-refractivity contribution in [2.24, 2.45) is 0 Å². The van der Waals surface area contributed by atoms with E-state index in [1.165, 1.54) is 51.4 Å². The second kappa shape index (κ2) is 14.9. The van der Waals surface area contributed by atoms with E-state index in [1.807, 2.05) is 36.4 Å². The number of para-hydroxylation sites is 1. The summed E-state index contributed by atoms with van der Waals surface area (Å²) in [5, 5.41) is 0.169. The zero-order chi connectivity index (χ0) is 23.2. The van der Waals surface area contributed by atoms with Crippen LogP contribution in [-0.2, 0) is 9.26 Å². The van der Waals surface area contributed by atoms with Crippen molar-refractivity contribution < 1.29 is 9.26 Å². The minimum atomic E-state index is -1.90. The van der Waals surface area contributed by atoms with Gasteiger partial charge in [-0.05, 0) is 43.1 Å². The first-order valence-corrected chi connectivity index (χ1v) is 15.4. The molecule has 1 N–H and O–H groups in total. The molecule has 0 aliphatic carbocycles. The van der Waals surface area contributed by atoms with Crippen molar-refractivity contribution in [3.05, 3.63) is 43.0 Å². The van der Waals surface area contributed by atoms with Crippen molar-refractivity contribution in [2.75, 3.05) is 5.48 Å². The van der Waals surface area contributed by atoms with Crippen molar-refractivity contribution >= 4 is 14.0 Å². The van der Waals surface area contributed by atoms with Crippen LogP contribution in [-0.4, -0.2) is 20.5 Å². The van der Waals surface area contributed by atoms with E-state index >= 15 is 0 Å². The Balaban J connectivity index is 2.71. The summed E-state index contributed by atoms with van der Waals surface area (Å²) in [6.07, 6.45) is 14.4. The van der Waals surface area contributed by atoms with Gasteiger partial charge in [-0.3, -0.25) is 10.3 Å². The maximum absolute atomic E-state index is 6.82. The smallest absolute Gasteiger partial charge is 0.192 e. The first-order valence-electron chi connectivity index (χ1n) is 12.5. The molecule has 31 heavy (non-hydrogen) atoms. The molecule has 1 rings (SSSR count). The molecule has 0 saturated heterocycles. The highest BCUT2D eigenvalue weighted by molar-refractivity contribution is 6.74. The molecule has 0 fully saturated rings. The van der Waals surface area contributed by atoms with Gasteiger partial charge < -0.3 is 4.43 Å². The standard InChI is InChI=1S/C27H49NO2Si/c1-8-10-11-12-13-14-15-19-23-25(29-28-24-21-17-16-18-22-24)26(20-9-2)30-31(6,7)27(3,4)5/h9,16-18,21-22,25-26,28H,2,8,10-15,19-20,23H2,1,3-7H3/t25-,26+/m1/s1. The van der Waals surface area contributed by atoms with E-state index in [0.29, 0.717) is 0 Å². The highest BCUT2D eigenvalue weighted by Gasteiger charge is 2.40. The van der Waals surface area contributed by atoms with Gasteiger partial charge in [0.1, 0.15) is 6.10 Å². The molecule has 0 amide bonds.